The zero-order valence-corrected chi connectivity index (χ0v) is 5.98. The molecule has 4 nitrogen and oxygen atoms in total. The van der Waals surface area contributed by atoms with Gasteiger partial charge >= 0.3 is 0 Å². The van der Waals surface area contributed by atoms with Crippen molar-refractivity contribution in [2.45, 2.75) is 5.03 Å². The van der Waals surface area contributed by atoms with E-state index in [1.54, 1.807) is 11.8 Å². The second-order valence-electron chi connectivity index (χ2n) is 1.90. The molecular weight excluding hydrogens is 148 g/mol. The van der Waals surface area contributed by atoms with Gasteiger partial charge in [0, 0.05) is 0 Å². The molecule has 0 amide bonds. The summed E-state index contributed by atoms with van der Waals surface area (Å²) >= 11 is 1.64. The van der Waals surface area contributed by atoms with Crippen LogP contribution in [-0.4, -0.2) is 15.8 Å². The van der Waals surface area contributed by atoms with Gasteiger partial charge < -0.3 is 11.1 Å². The summed E-state index contributed by atoms with van der Waals surface area (Å²) in [5, 5.41) is 4.03. The first-order chi connectivity index (χ1) is 4.88. The van der Waals surface area contributed by atoms with Gasteiger partial charge in [-0.1, -0.05) is 11.8 Å². The van der Waals surface area contributed by atoms with E-state index in [0.29, 0.717) is 5.82 Å². The van der Waals surface area contributed by atoms with Crippen molar-refractivity contribution in [3.05, 3.63) is 6.33 Å². The van der Waals surface area contributed by atoms with Crippen molar-refractivity contribution in [3.63, 3.8) is 0 Å². The van der Waals surface area contributed by atoms with Crippen LogP contribution in [0.1, 0.15) is 0 Å². The lowest BCUT2D eigenvalue weighted by Crippen LogP contribution is -1.97. The van der Waals surface area contributed by atoms with Crippen LogP contribution >= 0.6 is 11.8 Å². The molecule has 1 aliphatic rings. The highest BCUT2D eigenvalue weighted by atomic mass is 32.2. The Morgan fingerprint density at radius 3 is 3.30 bits per heavy atom. The second-order valence-corrected chi connectivity index (χ2v) is 2.87. The molecule has 0 aromatic carbocycles. The van der Waals surface area contributed by atoms with Gasteiger partial charge in [-0.05, 0) is 0 Å². The Bertz CT molecular complexity index is 262. The van der Waals surface area contributed by atoms with E-state index in [-0.39, 0.29) is 0 Å². The number of hydrogen-bond donors (Lipinski definition) is 2. The zero-order valence-electron chi connectivity index (χ0n) is 5.16. The normalized spacial score (nSPS) is 14.4. The lowest BCUT2D eigenvalue weighted by molar-refractivity contribution is 1.07. The van der Waals surface area contributed by atoms with E-state index >= 15 is 0 Å². The van der Waals surface area contributed by atoms with Crippen molar-refractivity contribution in [2.24, 2.45) is 0 Å². The lowest BCUT2D eigenvalue weighted by Gasteiger charge is -1.98. The number of nitrogens with two attached hydrogens (primary N) is 1. The van der Waals surface area contributed by atoms with Gasteiger partial charge in [0.1, 0.15) is 17.0 Å². The number of nitrogens with one attached hydrogen (secondary N) is 1. The molecule has 52 valence electrons. The first kappa shape index (κ1) is 5.79. The summed E-state index contributed by atoms with van der Waals surface area (Å²) in [6.07, 6.45) is 1.48. The monoisotopic (exact) mass is 154 g/mol. The average molecular weight is 154 g/mol. The standard InChI is InChI=1S/C5H6N4S/c6-4-3-5(8-1-7-4)10-2-9-3/h1,9H,2H2,(H2,6,7,8). The molecule has 10 heavy (non-hydrogen) atoms. The summed E-state index contributed by atoms with van der Waals surface area (Å²) in [5.74, 6) is 1.38. The summed E-state index contributed by atoms with van der Waals surface area (Å²) in [5.41, 5.74) is 6.43. The van der Waals surface area contributed by atoms with Crippen molar-refractivity contribution in [3.8, 4) is 0 Å². The molecule has 1 aliphatic heterocycles. The van der Waals surface area contributed by atoms with Gasteiger partial charge in [-0.3, -0.25) is 0 Å². The maximum Gasteiger partial charge on any atom is 0.151 e. The highest BCUT2D eigenvalue weighted by Gasteiger charge is 2.14. The van der Waals surface area contributed by atoms with Gasteiger partial charge in [-0.15, -0.1) is 0 Å². The molecule has 0 saturated carbocycles. The number of rotatable bonds is 0. The van der Waals surface area contributed by atoms with Gasteiger partial charge in [0.15, 0.2) is 5.82 Å². The van der Waals surface area contributed by atoms with Crippen molar-refractivity contribution >= 4 is 23.3 Å². The molecular formula is C5H6N4S. The molecule has 0 radical (unpaired) electrons. The van der Waals surface area contributed by atoms with E-state index in [1.807, 2.05) is 0 Å². The molecule has 0 atom stereocenters. The fourth-order valence-electron chi connectivity index (χ4n) is 0.834. The number of anilines is 2. The van der Waals surface area contributed by atoms with Crippen LogP contribution < -0.4 is 11.1 Å². The summed E-state index contributed by atoms with van der Waals surface area (Å²) < 4.78 is 0. The quantitative estimate of drug-likeness (QED) is 0.534. The van der Waals surface area contributed by atoms with Gasteiger partial charge in [0.25, 0.3) is 0 Å². The molecule has 0 unspecified atom stereocenters. The average Bonchev–Trinajstić information content (AvgIpc) is 2.36. The number of nitrogen functional groups attached to an aromatic ring is 1. The predicted octanol–water partition coefficient (Wildman–Crippen LogP) is 0.534. The van der Waals surface area contributed by atoms with E-state index in [9.17, 15) is 0 Å². The highest BCUT2D eigenvalue weighted by Crippen LogP contribution is 2.33. The largest absolute Gasteiger partial charge is 0.382 e. The molecule has 5 heteroatoms. The minimum absolute atomic E-state index is 0.537. The van der Waals surface area contributed by atoms with Crippen LogP contribution in [-0.2, 0) is 0 Å². The second kappa shape index (κ2) is 2.02. The molecule has 2 heterocycles. The topological polar surface area (TPSA) is 63.8 Å². The van der Waals surface area contributed by atoms with E-state index in [2.05, 4.69) is 15.3 Å². The zero-order chi connectivity index (χ0) is 6.97. The molecule has 0 aliphatic carbocycles. The van der Waals surface area contributed by atoms with Crippen LogP contribution in [0.15, 0.2) is 11.4 Å². The van der Waals surface area contributed by atoms with E-state index in [4.69, 9.17) is 5.73 Å². The maximum absolute atomic E-state index is 5.54. The molecule has 0 fully saturated rings. The molecule has 2 rings (SSSR count). The Labute approximate surface area is 62.2 Å². The van der Waals surface area contributed by atoms with Gasteiger partial charge in [0.2, 0.25) is 0 Å². The predicted molar refractivity (Wildman–Crippen MR) is 40.8 cm³/mol. The Kier molecular flexibility index (Phi) is 1.17. The number of nitrogens with zero attached hydrogens (tertiary/aromatic N) is 2. The lowest BCUT2D eigenvalue weighted by atomic mass is 10.5. The summed E-state index contributed by atoms with van der Waals surface area (Å²) in [6.45, 7) is 0. The molecule has 0 bridgehead atoms. The minimum Gasteiger partial charge on any atom is -0.382 e. The Hall–Kier alpha value is -0.970. The number of fused-ring (bicyclic) bond motifs is 1. The van der Waals surface area contributed by atoms with Crippen LogP contribution in [0.5, 0.6) is 0 Å². The minimum atomic E-state index is 0.537. The number of aromatic nitrogens is 2. The summed E-state index contributed by atoms with van der Waals surface area (Å²) in [7, 11) is 0. The first-order valence-corrected chi connectivity index (χ1v) is 3.83. The van der Waals surface area contributed by atoms with Crippen molar-refractivity contribution in [2.75, 3.05) is 16.9 Å². The van der Waals surface area contributed by atoms with Gasteiger partial charge in [0.05, 0.1) is 5.88 Å². The number of thioether (sulfide) groups is 1. The Balaban J connectivity index is 2.59. The van der Waals surface area contributed by atoms with E-state index in [1.165, 1.54) is 6.33 Å². The SMILES string of the molecule is Nc1ncnc2c1NCS2. The summed E-state index contributed by atoms with van der Waals surface area (Å²) in [4.78, 5) is 7.87. The molecule has 1 aromatic heterocycles. The maximum atomic E-state index is 5.54. The molecule has 0 saturated heterocycles. The van der Waals surface area contributed by atoms with Crippen molar-refractivity contribution < 1.29 is 0 Å². The third-order valence-corrected chi connectivity index (χ3v) is 2.17. The third kappa shape index (κ3) is 0.706. The van der Waals surface area contributed by atoms with Crippen LogP contribution in [0.25, 0.3) is 0 Å². The highest BCUT2D eigenvalue weighted by molar-refractivity contribution is 7.99. The van der Waals surface area contributed by atoms with E-state index < -0.39 is 0 Å². The van der Waals surface area contributed by atoms with Crippen LogP contribution in [0.2, 0.25) is 0 Å². The molecule has 0 spiro atoms. The molecule has 3 N–H and O–H groups in total. The van der Waals surface area contributed by atoms with Crippen LogP contribution in [0, 0.1) is 0 Å². The van der Waals surface area contributed by atoms with Crippen molar-refractivity contribution in [1.29, 1.82) is 0 Å². The summed E-state index contributed by atoms with van der Waals surface area (Å²) in [6, 6.07) is 0. The van der Waals surface area contributed by atoms with Gasteiger partial charge in [-0.2, -0.15) is 0 Å². The van der Waals surface area contributed by atoms with Crippen LogP contribution in [0.4, 0.5) is 11.5 Å². The fourth-order valence-corrected chi connectivity index (χ4v) is 1.63. The van der Waals surface area contributed by atoms with E-state index in [0.717, 1.165) is 16.6 Å². The smallest absolute Gasteiger partial charge is 0.151 e. The van der Waals surface area contributed by atoms with Crippen LogP contribution in [0.3, 0.4) is 0 Å². The Morgan fingerprint density at radius 2 is 2.50 bits per heavy atom. The van der Waals surface area contributed by atoms with Gasteiger partial charge in [-0.25, -0.2) is 9.97 Å². The Morgan fingerprint density at radius 1 is 1.60 bits per heavy atom. The van der Waals surface area contributed by atoms with Crippen molar-refractivity contribution in [1.82, 2.24) is 9.97 Å². The number of hydrogen-bond acceptors (Lipinski definition) is 5. The first-order valence-electron chi connectivity index (χ1n) is 2.85. The fraction of sp³-hybridized carbons (Fsp3) is 0.200. The molecule has 1 aromatic rings. The third-order valence-electron chi connectivity index (χ3n) is 1.30.